The van der Waals surface area contributed by atoms with Gasteiger partial charge in [0.25, 0.3) is 0 Å². The van der Waals surface area contributed by atoms with E-state index in [1.165, 1.54) is 16.4 Å². The first-order valence-corrected chi connectivity index (χ1v) is 8.48. The summed E-state index contributed by atoms with van der Waals surface area (Å²) < 4.78 is 6.14. The Hall–Kier alpha value is -1.34. The molecule has 2 aromatic heterocycles. The fourth-order valence-corrected chi connectivity index (χ4v) is 3.19. The molecular formula is C14H24N6S. The van der Waals surface area contributed by atoms with Crippen LogP contribution in [0.25, 0.3) is 0 Å². The van der Waals surface area contributed by atoms with Crippen molar-refractivity contribution < 1.29 is 0 Å². The van der Waals surface area contributed by atoms with E-state index in [1.54, 1.807) is 6.33 Å². The van der Waals surface area contributed by atoms with E-state index in [4.69, 9.17) is 0 Å². The molecule has 1 atom stereocenters. The summed E-state index contributed by atoms with van der Waals surface area (Å²) in [6, 6.07) is 0.219. The van der Waals surface area contributed by atoms with Gasteiger partial charge in [-0.25, -0.2) is 4.98 Å². The quantitative estimate of drug-likeness (QED) is 0.770. The first-order valence-electron chi connectivity index (χ1n) is 7.71. The molecule has 21 heavy (non-hydrogen) atoms. The highest BCUT2D eigenvalue weighted by Gasteiger charge is 2.20. The van der Waals surface area contributed by atoms with Gasteiger partial charge in [-0.15, -0.1) is 5.10 Å². The predicted octanol–water partition coefficient (Wildman–Crippen LogP) is 2.39. The van der Waals surface area contributed by atoms with Crippen molar-refractivity contribution in [3.63, 3.8) is 0 Å². The molecule has 0 bridgehead atoms. The highest BCUT2D eigenvalue weighted by Crippen LogP contribution is 2.24. The molecule has 0 saturated carbocycles. The molecule has 0 spiro atoms. The summed E-state index contributed by atoms with van der Waals surface area (Å²) in [6.45, 7) is 8.27. The molecule has 0 radical (unpaired) electrons. The van der Waals surface area contributed by atoms with Crippen molar-refractivity contribution in [2.24, 2.45) is 0 Å². The molecule has 2 aromatic rings. The fourth-order valence-electron chi connectivity index (χ4n) is 2.42. The average Bonchev–Trinajstić information content (AvgIpc) is 3.09. The van der Waals surface area contributed by atoms with Crippen molar-refractivity contribution in [1.29, 1.82) is 0 Å². The van der Waals surface area contributed by atoms with Gasteiger partial charge in [0, 0.05) is 13.0 Å². The summed E-state index contributed by atoms with van der Waals surface area (Å²) in [5.41, 5.74) is 1.12. The monoisotopic (exact) mass is 308 g/mol. The second kappa shape index (κ2) is 8.19. The predicted molar refractivity (Wildman–Crippen MR) is 84.3 cm³/mol. The minimum atomic E-state index is 0.219. The zero-order valence-corrected chi connectivity index (χ0v) is 13.9. The molecule has 0 aromatic carbocycles. The second-order valence-electron chi connectivity index (χ2n) is 5.05. The van der Waals surface area contributed by atoms with Crippen LogP contribution in [0.2, 0.25) is 0 Å². The zero-order chi connectivity index (χ0) is 15.1. The van der Waals surface area contributed by atoms with Crippen LogP contribution in [0.4, 0.5) is 0 Å². The second-order valence-corrected chi connectivity index (χ2v) is 5.83. The van der Waals surface area contributed by atoms with Crippen LogP contribution in [-0.2, 0) is 19.4 Å². The molecule has 0 aliphatic heterocycles. The topological polar surface area (TPSA) is 68.5 Å². The molecule has 1 N–H and O–H groups in total. The Morgan fingerprint density at radius 2 is 2.14 bits per heavy atom. The van der Waals surface area contributed by atoms with Gasteiger partial charge >= 0.3 is 0 Å². The summed E-state index contributed by atoms with van der Waals surface area (Å²) >= 11 is 1.50. The third kappa shape index (κ3) is 4.07. The number of rotatable bonds is 9. The number of hydrogen-bond acceptors (Lipinski definition) is 6. The van der Waals surface area contributed by atoms with Crippen LogP contribution in [0.15, 0.2) is 6.33 Å². The van der Waals surface area contributed by atoms with Crippen LogP contribution in [-0.4, -0.2) is 30.9 Å². The van der Waals surface area contributed by atoms with Gasteiger partial charge in [0.05, 0.1) is 16.6 Å². The van der Waals surface area contributed by atoms with Crippen LogP contribution in [0.1, 0.15) is 56.1 Å². The van der Waals surface area contributed by atoms with E-state index in [0.717, 1.165) is 50.3 Å². The molecule has 2 heterocycles. The maximum Gasteiger partial charge on any atom is 0.138 e. The van der Waals surface area contributed by atoms with Gasteiger partial charge in [-0.1, -0.05) is 31.7 Å². The minimum Gasteiger partial charge on any atom is -0.309 e. The largest absolute Gasteiger partial charge is 0.309 e. The molecule has 0 aliphatic rings. The van der Waals surface area contributed by atoms with Crippen molar-refractivity contribution >= 4 is 11.5 Å². The first-order chi connectivity index (χ1) is 10.3. The fraction of sp³-hybridized carbons (Fsp3) is 0.714. The van der Waals surface area contributed by atoms with Gasteiger partial charge < -0.3 is 5.32 Å². The highest BCUT2D eigenvalue weighted by molar-refractivity contribution is 7.05. The Balaban J connectivity index is 2.18. The SMILES string of the molecule is CCCc1nnsc1C(Cc1ncnn1CCC)NCC. The van der Waals surface area contributed by atoms with Gasteiger partial charge in [-0.3, -0.25) is 4.68 Å². The van der Waals surface area contributed by atoms with Gasteiger partial charge in [0.1, 0.15) is 12.2 Å². The van der Waals surface area contributed by atoms with Gasteiger partial charge in [-0.2, -0.15) is 5.10 Å². The molecular weight excluding hydrogens is 284 g/mol. The standard InChI is InChI=1S/C14H24N6S/c1-4-7-11-14(21-19-18-11)12(15-6-3)9-13-16-10-17-20(13)8-5-2/h10,12,15H,4-9H2,1-3H3. The van der Waals surface area contributed by atoms with E-state index in [1.807, 2.05) is 4.68 Å². The molecule has 116 valence electrons. The Morgan fingerprint density at radius 1 is 1.29 bits per heavy atom. The van der Waals surface area contributed by atoms with Crippen LogP contribution in [0, 0.1) is 0 Å². The molecule has 0 fully saturated rings. The lowest BCUT2D eigenvalue weighted by Gasteiger charge is -2.17. The Kier molecular flexibility index (Phi) is 6.25. The van der Waals surface area contributed by atoms with Gasteiger partial charge in [0.2, 0.25) is 0 Å². The smallest absolute Gasteiger partial charge is 0.138 e. The van der Waals surface area contributed by atoms with Gasteiger partial charge in [0.15, 0.2) is 0 Å². The summed E-state index contributed by atoms with van der Waals surface area (Å²) in [5, 5.41) is 12.1. The molecule has 0 saturated heterocycles. The molecule has 2 rings (SSSR count). The van der Waals surface area contributed by atoms with Crippen molar-refractivity contribution in [3.8, 4) is 0 Å². The van der Waals surface area contributed by atoms with Crippen molar-refractivity contribution in [2.45, 2.75) is 59.0 Å². The van der Waals surface area contributed by atoms with Crippen LogP contribution in [0.3, 0.4) is 0 Å². The van der Waals surface area contributed by atoms with Crippen LogP contribution in [0.5, 0.6) is 0 Å². The molecule has 0 amide bonds. The average molecular weight is 308 g/mol. The highest BCUT2D eigenvalue weighted by atomic mass is 32.1. The van der Waals surface area contributed by atoms with E-state index in [9.17, 15) is 0 Å². The third-order valence-electron chi connectivity index (χ3n) is 3.36. The van der Waals surface area contributed by atoms with E-state index < -0.39 is 0 Å². The molecule has 0 aliphatic carbocycles. The zero-order valence-electron chi connectivity index (χ0n) is 13.0. The minimum absolute atomic E-state index is 0.219. The van der Waals surface area contributed by atoms with E-state index >= 15 is 0 Å². The summed E-state index contributed by atoms with van der Waals surface area (Å²) in [5.74, 6) is 1.03. The number of hydrogen-bond donors (Lipinski definition) is 1. The van der Waals surface area contributed by atoms with Crippen LogP contribution >= 0.6 is 11.5 Å². The number of likely N-dealkylation sites (N-methyl/N-ethyl adjacent to an activating group) is 1. The number of nitrogens with zero attached hydrogens (tertiary/aromatic N) is 5. The Bertz CT molecular complexity index is 535. The first kappa shape index (κ1) is 16.0. The lowest BCUT2D eigenvalue weighted by atomic mass is 10.1. The Morgan fingerprint density at radius 3 is 2.86 bits per heavy atom. The maximum absolute atomic E-state index is 4.42. The van der Waals surface area contributed by atoms with E-state index in [0.29, 0.717) is 0 Å². The summed E-state index contributed by atoms with van der Waals surface area (Å²) in [4.78, 5) is 5.66. The summed E-state index contributed by atoms with van der Waals surface area (Å²) in [7, 11) is 0. The van der Waals surface area contributed by atoms with E-state index in [2.05, 4.69) is 45.8 Å². The molecule has 1 unspecified atom stereocenters. The van der Waals surface area contributed by atoms with Crippen LogP contribution < -0.4 is 5.32 Å². The lowest BCUT2D eigenvalue weighted by Crippen LogP contribution is -2.24. The number of aromatic nitrogens is 5. The molecule has 7 heteroatoms. The van der Waals surface area contributed by atoms with Crippen molar-refractivity contribution in [2.75, 3.05) is 6.54 Å². The summed E-state index contributed by atoms with van der Waals surface area (Å²) in [6.07, 6.45) is 5.60. The van der Waals surface area contributed by atoms with Crippen molar-refractivity contribution in [1.82, 2.24) is 29.7 Å². The van der Waals surface area contributed by atoms with E-state index in [-0.39, 0.29) is 6.04 Å². The normalized spacial score (nSPS) is 12.7. The van der Waals surface area contributed by atoms with Crippen molar-refractivity contribution in [3.05, 3.63) is 22.7 Å². The van der Waals surface area contributed by atoms with Gasteiger partial charge in [-0.05, 0) is 30.9 Å². The number of aryl methyl sites for hydroxylation is 2. The number of nitrogens with one attached hydrogen (secondary N) is 1. The molecule has 6 nitrogen and oxygen atoms in total. The lowest BCUT2D eigenvalue weighted by molar-refractivity contribution is 0.500. The third-order valence-corrected chi connectivity index (χ3v) is 4.24. The maximum atomic E-state index is 4.42. The Labute approximate surface area is 130 Å².